The van der Waals surface area contributed by atoms with Crippen molar-refractivity contribution >= 4 is 18.2 Å². The molecular formula is C5H5ClN2O. The monoisotopic (exact) mass is 144 g/mol. The zero-order valence-corrected chi connectivity index (χ0v) is 5.34. The second-order valence-corrected chi connectivity index (χ2v) is 1.28. The summed E-state index contributed by atoms with van der Waals surface area (Å²) in [4.78, 5) is 13.3. The van der Waals surface area contributed by atoms with Crippen LogP contribution >= 0.6 is 12.4 Å². The summed E-state index contributed by atoms with van der Waals surface area (Å²) in [5.74, 6) is 0.229. The van der Waals surface area contributed by atoms with Crippen molar-refractivity contribution in [2.45, 2.75) is 0 Å². The van der Waals surface area contributed by atoms with Crippen molar-refractivity contribution in [2.24, 2.45) is 5.18 Å². The molecule has 0 N–H and O–H groups in total. The Kier molecular flexibility index (Phi) is 3.55. The van der Waals surface area contributed by atoms with E-state index in [2.05, 4.69) is 10.2 Å². The summed E-state index contributed by atoms with van der Waals surface area (Å²) in [7, 11) is 0. The summed E-state index contributed by atoms with van der Waals surface area (Å²) >= 11 is 0. The molecule has 4 heteroatoms. The molecular weight excluding hydrogens is 140 g/mol. The van der Waals surface area contributed by atoms with Gasteiger partial charge in [0.1, 0.15) is 0 Å². The molecule has 0 aromatic carbocycles. The smallest absolute Gasteiger partial charge is 0.196 e. The number of pyridine rings is 1. The van der Waals surface area contributed by atoms with Gasteiger partial charge in [0.15, 0.2) is 5.82 Å². The van der Waals surface area contributed by atoms with Crippen LogP contribution in [0.5, 0.6) is 0 Å². The van der Waals surface area contributed by atoms with E-state index in [9.17, 15) is 4.91 Å². The van der Waals surface area contributed by atoms with Gasteiger partial charge < -0.3 is 0 Å². The molecule has 0 radical (unpaired) electrons. The molecule has 0 atom stereocenters. The normalized spacial score (nSPS) is 7.56. The summed E-state index contributed by atoms with van der Waals surface area (Å²) in [6.45, 7) is 0. The van der Waals surface area contributed by atoms with Crippen LogP contribution in [0.1, 0.15) is 0 Å². The lowest BCUT2D eigenvalue weighted by atomic mass is 10.5. The third-order valence-electron chi connectivity index (χ3n) is 0.743. The van der Waals surface area contributed by atoms with Gasteiger partial charge in [-0.15, -0.1) is 17.3 Å². The number of aromatic nitrogens is 1. The highest BCUT2D eigenvalue weighted by molar-refractivity contribution is 5.85. The molecule has 3 nitrogen and oxygen atoms in total. The number of hydrogen-bond acceptors (Lipinski definition) is 3. The van der Waals surface area contributed by atoms with Crippen LogP contribution in [0.4, 0.5) is 5.82 Å². The van der Waals surface area contributed by atoms with Crippen molar-refractivity contribution in [3.8, 4) is 0 Å². The Morgan fingerprint density at radius 2 is 2.22 bits per heavy atom. The molecule has 0 amide bonds. The highest BCUT2D eigenvalue weighted by atomic mass is 35.5. The lowest BCUT2D eigenvalue weighted by Crippen LogP contribution is -1.65. The average Bonchev–Trinajstić information content (AvgIpc) is 1.90. The van der Waals surface area contributed by atoms with E-state index in [1.54, 1.807) is 18.2 Å². The molecule has 0 aliphatic heterocycles. The first kappa shape index (κ1) is 8.04. The Bertz CT molecular complexity index is 178. The predicted octanol–water partition coefficient (Wildman–Crippen LogP) is 1.90. The molecule has 0 spiro atoms. The zero-order valence-electron chi connectivity index (χ0n) is 4.52. The third kappa shape index (κ3) is 2.19. The summed E-state index contributed by atoms with van der Waals surface area (Å²) in [6.07, 6.45) is 1.52. The van der Waals surface area contributed by atoms with Crippen LogP contribution in [0, 0.1) is 4.91 Å². The summed E-state index contributed by atoms with van der Waals surface area (Å²) < 4.78 is 0. The van der Waals surface area contributed by atoms with E-state index in [0.717, 1.165) is 0 Å². The second-order valence-electron chi connectivity index (χ2n) is 1.28. The van der Waals surface area contributed by atoms with Gasteiger partial charge in [0, 0.05) is 6.20 Å². The maximum atomic E-state index is 9.69. The van der Waals surface area contributed by atoms with E-state index in [4.69, 9.17) is 0 Å². The standard InChI is InChI=1S/C5H4N2O.ClH/c8-7-5-3-1-2-4-6-5;/h1-4H;1H. The van der Waals surface area contributed by atoms with E-state index in [1.807, 2.05) is 0 Å². The second kappa shape index (κ2) is 3.97. The van der Waals surface area contributed by atoms with Crippen molar-refractivity contribution in [3.05, 3.63) is 29.3 Å². The fraction of sp³-hybridized carbons (Fsp3) is 0. The highest BCUT2D eigenvalue weighted by Gasteiger charge is 1.83. The maximum absolute atomic E-state index is 9.69. The number of rotatable bonds is 1. The molecule has 0 aliphatic rings. The fourth-order valence-electron chi connectivity index (χ4n) is 0.408. The first-order valence-corrected chi connectivity index (χ1v) is 2.18. The first-order valence-electron chi connectivity index (χ1n) is 2.18. The van der Waals surface area contributed by atoms with Crippen LogP contribution in [0.15, 0.2) is 29.6 Å². The third-order valence-corrected chi connectivity index (χ3v) is 0.743. The van der Waals surface area contributed by atoms with Gasteiger partial charge in [-0.3, -0.25) is 0 Å². The average molecular weight is 145 g/mol. The van der Waals surface area contributed by atoms with Gasteiger partial charge in [0.2, 0.25) is 0 Å². The lowest BCUT2D eigenvalue weighted by Gasteiger charge is -1.79. The van der Waals surface area contributed by atoms with E-state index in [1.165, 1.54) is 6.20 Å². The van der Waals surface area contributed by atoms with Gasteiger partial charge in [-0.2, -0.15) is 0 Å². The molecule has 0 fully saturated rings. The molecule has 0 saturated heterocycles. The minimum absolute atomic E-state index is 0. The largest absolute Gasteiger partial charge is 0.234 e. The first-order chi connectivity index (χ1) is 3.93. The van der Waals surface area contributed by atoms with Crippen LogP contribution in [-0.4, -0.2) is 4.98 Å². The van der Waals surface area contributed by atoms with E-state index >= 15 is 0 Å². The van der Waals surface area contributed by atoms with Crippen LogP contribution < -0.4 is 0 Å². The van der Waals surface area contributed by atoms with Crippen molar-refractivity contribution in [2.75, 3.05) is 0 Å². The molecule has 48 valence electrons. The van der Waals surface area contributed by atoms with E-state index in [-0.39, 0.29) is 18.2 Å². The molecule has 1 aromatic rings. The van der Waals surface area contributed by atoms with Gasteiger partial charge in [0.25, 0.3) is 0 Å². The zero-order chi connectivity index (χ0) is 5.82. The number of hydrogen-bond donors (Lipinski definition) is 0. The Labute approximate surface area is 58.5 Å². The summed E-state index contributed by atoms with van der Waals surface area (Å²) in [5.41, 5.74) is 0. The van der Waals surface area contributed by atoms with E-state index < -0.39 is 0 Å². The molecule has 0 bridgehead atoms. The topological polar surface area (TPSA) is 42.3 Å². The molecule has 1 heterocycles. The number of halogens is 1. The van der Waals surface area contributed by atoms with Crippen molar-refractivity contribution in [3.63, 3.8) is 0 Å². The molecule has 0 unspecified atom stereocenters. The van der Waals surface area contributed by atoms with Crippen molar-refractivity contribution < 1.29 is 0 Å². The van der Waals surface area contributed by atoms with Crippen LogP contribution in [0.3, 0.4) is 0 Å². The summed E-state index contributed by atoms with van der Waals surface area (Å²) in [5, 5.41) is 2.61. The summed E-state index contributed by atoms with van der Waals surface area (Å²) in [6, 6.07) is 4.99. The van der Waals surface area contributed by atoms with Gasteiger partial charge in [-0.05, 0) is 17.3 Å². The van der Waals surface area contributed by atoms with Crippen molar-refractivity contribution in [1.82, 2.24) is 4.98 Å². The highest BCUT2D eigenvalue weighted by Crippen LogP contribution is 2.01. The maximum Gasteiger partial charge on any atom is 0.196 e. The molecule has 1 rings (SSSR count). The van der Waals surface area contributed by atoms with E-state index in [0.29, 0.717) is 0 Å². The van der Waals surface area contributed by atoms with Gasteiger partial charge in [-0.25, -0.2) is 4.98 Å². The fourth-order valence-corrected chi connectivity index (χ4v) is 0.408. The Hall–Kier alpha value is -0.960. The molecule has 0 saturated carbocycles. The SMILES string of the molecule is Cl.O=Nc1ccccn1. The van der Waals surface area contributed by atoms with Gasteiger partial charge in [-0.1, -0.05) is 6.07 Å². The van der Waals surface area contributed by atoms with Crippen LogP contribution in [0.2, 0.25) is 0 Å². The van der Waals surface area contributed by atoms with Crippen molar-refractivity contribution in [1.29, 1.82) is 0 Å². The minimum atomic E-state index is 0. The minimum Gasteiger partial charge on any atom is -0.234 e. The number of nitroso groups, excluding NO2 is 1. The molecule has 1 aromatic heterocycles. The number of nitrogens with zero attached hydrogens (tertiary/aromatic N) is 2. The van der Waals surface area contributed by atoms with Gasteiger partial charge >= 0.3 is 0 Å². The Balaban J connectivity index is 0.000000640. The molecule has 0 aliphatic carbocycles. The molecule has 9 heavy (non-hydrogen) atoms. The predicted molar refractivity (Wildman–Crippen MR) is 36.9 cm³/mol. The van der Waals surface area contributed by atoms with Crippen LogP contribution in [-0.2, 0) is 0 Å². The Morgan fingerprint density at radius 3 is 2.56 bits per heavy atom. The lowest BCUT2D eigenvalue weighted by molar-refractivity contribution is 1.27. The van der Waals surface area contributed by atoms with Crippen LogP contribution in [0.25, 0.3) is 0 Å². The van der Waals surface area contributed by atoms with Gasteiger partial charge in [0.05, 0.1) is 0 Å². The Morgan fingerprint density at radius 1 is 1.44 bits per heavy atom. The quantitative estimate of drug-likeness (QED) is 0.565.